The number of rotatable bonds is 10. The zero-order valence-corrected chi connectivity index (χ0v) is 21.8. The molecule has 0 aliphatic heterocycles. The van der Waals surface area contributed by atoms with Gasteiger partial charge in [-0.05, 0) is 75.4 Å². The number of carbonyl (C=O) groups excluding carboxylic acids is 1. The van der Waals surface area contributed by atoms with Gasteiger partial charge in [0.25, 0.3) is 10.0 Å². The summed E-state index contributed by atoms with van der Waals surface area (Å²) in [6.07, 6.45) is 2.45. The molecule has 0 bridgehead atoms. The third-order valence-corrected chi connectivity index (χ3v) is 7.53. The van der Waals surface area contributed by atoms with E-state index in [9.17, 15) is 21.6 Å². The van der Waals surface area contributed by atoms with Crippen molar-refractivity contribution in [2.45, 2.75) is 31.7 Å². The van der Waals surface area contributed by atoms with Gasteiger partial charge in [-0.1, -0.05) is 0 Å². The van der Waals surface area contributed by atoms with Crippen LogP contribution >= 0.6 is 0 Å². The fraction of sp³-hybridized carbons (Fsp3) is 0.261. The summed E-state index contributed by atoms with van der Waals surface area (Å²) in [5.41, 5.74) is 1.19. The normalized spacial score (nSPS) is 12.4. The third kappa shape index (κ3) is 6.70. The van der Waals surface area contributed by atoms with E-state index in [2.05, 4.69) is 20.0 Å². The van der Waals surface area contributed by atoms with Crippen molar-refractivity contribution >= 4 is 43.3 Å². The van der Waals surface area contributed by atoms with Crippen molar-refractivity contribution in [3.05, 3.63) is 66.5 Å². The molecular weight excluding hydrogens is 506 g/mol. The van der Waals surface area contributed by atoms with E-state index in [1.54, 1.807) is 37.3 Å². The highest BCUT2D eigenvalue weighted by Gasteiger charge is 2.29. The first kappa shape index (κ1) is 26.9. The summed E-state index contributed by atoms with van der Waals surface area (Å²) in [5, 5.41) is 2.62. The van der Waals surface area contributed by atoms with Crippen LogP contribution in [0.1, 0.15) is 19.5 Å². The molecular formula is C23H27N5O6S2. The average Bonchev–Trinajstić information content (AvgIpc) is 2.79. The van der Waals surface area contributed by atoms with Gasteiger partial charge in [0, 0.05) is 17.6 Å². The molecule has 0 radical (unpaired) electrons. The number of ether oxygens (including phenoxy) is 1. The van der Waals surface area contributed by atoms with Gasteiger partial charge in [-0.3, -0.25) is 9.10 Å². The number of aromatic nitrogens is 2. The molecule has 0 fully saturated rings. The first-order valence-corrected chi connectivity index (χ1v) is 14.2. The summed E-state index contributed by atoms with van der Waals surface area (Å²) in [5.74, 6) is -0.0853. The van der Waals surface area contributed by atoms with Gasteiger partial charge in [-0.25, -0.2) is 31.5 Å². The first-order valence-electron chi connectivity index (χ1n) is 10.9. The van der Waals surface area contributed by atoms with Crippen LogP contribution in [0, 0.1) is 6.92 Å². The maximum absolute atomic E-state index is 12.9. The number of hydrogen-bond acceptors (Lipinski definition) is 8. The number of carbonyl (C=O) groups is 1. The molecule has 0 aliphatic rings. The summed E-state index contributed by atoms with van der Waals surface area (Å²) >= 11 is 0. The Kier molecular flexibility index (Phi) is 8.15. The standard InChI is InChI=1S/C23H27N5O6S2/c1-5-34-20-10-8-19(9-11-20)28(35(4,30)31)17(3)22(29)26-18-6-12-21(13-7-18)36(32,33)27-23-24-15-14-16(2)25-23/h6-15,17H,5H2,1-4H3,(H,26,29)(H,24,25,27). The summed E-state index contributed by atoms with van der Waals surface area (Å²) < 4.78 is 58.9. The zero-order valence-electron chi connectivity index (χ0n) is 20.2. The molecule has 0 aliphatic carbocycles. The van der Waals surface area contributed by atoms with Crippen LogP contribution in [0.2, 0.25) is 0 Å². The van der Waals surface area contributed by atoms with Crippen LogP contribution in [0.15, 0.2) is 65.7 Å². The highest BCUT2D eigenvalue weighted by Crippen LogP contribution is 2.25. The number of sulfonamides is 2. The van der Waals surface area contributed by atoms with Crippen molar-refractivity contribution in [2.24, 2.45) is 0 Å². The molecule has 3 rings (SSSR count). The molecule has 0 saturated carbocycles. The third-order valence-electron chi connectivity index (χ3n) is 4.94. The van der Waals surface area contributed by atoms with Gasteiger partial charge in [0.15, 0.2) is 0 Å². The maximum Gasteiger partial charge on any atom is 0.264 e. The Labute approximate surface area is 210 Å². The lowest BCUT2D eigenvalue weighted by molar-refractivity contribution is -0.116. The van der Waals surface area contributed by atoms with Crippen LogP contribution in [0.25, 0.3) is 0 Å². The minimum absolute atomic E-state index is 0.0589. The number of nitrogens with one attached hydrogen (secondary N) is 2. The molecule has 192 valence electrons. The Balaban J connectivity index is 1.75. The topological polar surface area (TPSA) is 148 Å². The van der Waals surface area contributed by atoms with E-state index in [4.69, 9.17) is 4.74 Å². The van der Waals surface area contributed by atoms with Crippen molar-refractivity contribution in [3.63, 3.8) is 0 Å². The molecule has 2 aromatic carbocycles. The summed E-state index contributed by atoms with van der Waals surface area (Å²) in [4.78, 5) is 20.7. The predicted molar refractivity (Wildman–Crippen MR) is 137 cm³/mol. The number of benzene rings is 2. The van der Waals surface area contributed by atoms with Crippen LogP contribution in [0.5, 0.6) is 5.75 Å². The summed E-state index contributed by atoms with van der Waals surface area (Å²) in [6, 6.07) is 12.3. The molecule has 1 amide bonds. The van der Waals surface area contributed by atoms with Crippen LogP contribution in [0.3, 0.4) is 0 Å². The second-order valence-corrected chi connectivity index (χ2v) is 11.3. The number of aryl methyl sites for hydroxylation is 1. The van der Waals surface area contributed by atoms with Gasteiger partial charge in [-0.2, -0.15) is 0 Å². The Morgan fingerprint density at radius 3 is 2.22 bits per heavy atom. The van der Waals surface area contributed by atoms with Crippen molar-refractivity contribution in [3.8, 4) is 5.75 Å². The lowest BCUT2D eigenvalue weighted by atomic mass is 10.2. The van der Waals surface area contributed by atoms with Crippen LogP contribution in [0.4, 0.5) is 17.3 Å². The van der Waals surface area contributed by atoms with E-state index in [0.717, 1.165) is 10.6 Å². The van der Waals surface area contributed by atoms with E-state index in [-0.39, 0.29) is 16.5 Å². The molecule has 2 N–H and O–H groups in total. The first-order chi connectivity index (χ1) is 16.9. The number of anilines is 3. The van der Waals surface area contributed by atoms with Crippen molar-refractivity contribution < 1.29 is 26.4 Å². The number of hydrogen-bond donors (Lipinski definition) is 2. The Morgan fingerprint density at radius 1 is 1.03 bits per heavy atom. The zero-order chi connectivity index (χ0) is 26.5. The van der Waals surface area contributed by atoms with Gasteiger partial charge in [-0.15, -0.1) is 0 Å². The minimum atomic E-state index is -3.95. The van der Waals surface area contributed by atoms with Gasteiger partial charge >= 0.3 is 0 Å². The molecule has 13 heteroatoms. The highest BCUT2D eigenvalue weighted by molar-refractivity contribution is 7.92. The van der Waals surface area contributed by atoms with Gasteiger partial charge in [0.2, 0.25) is 21.9 Å². The second-order valence-electron chi connectivity index (χ2n) is 7.80. The fourth-order valence-corrected chi connectivity index (χ4v) is 5.43. The van der Waals surface area contributed by atoms with E-state index in [0.29, 0.717) is 23.7 Å². The fourth-order valence-electron chi connectivity index (χ4n) is 3.31. The van der Waals surface area contributed by atoms with E-state index in [1.807, 2.05) is 6.92 Å². The van der Waals surface area contributed by atoms with Crippen LogP contribution < -0.4 is 19.1 Å². The molecule has 1 heterocycles. The monoisotopic (exact) mass is 533 g/mol. The van der Waals surface area contributed by atoms with Gasteiger partial charge in [0.05, 0.1) is 23.4 Å². The van der Waals surface area contributed by atoms with Gasteiger partial charge in [0.1, 0.15) is 11.8 Å². The van der Waals surface area contributed by atoms with Crippen LogP contribution in [-0.4, -0.2) is 51.6 Å². The summed E-state index contributed by atoms with van der Waals surface area (Å²) in [7, 11) is -7.76. The molecule has 0 spiro atoms. The molecule has 1 aromatic heterocycles. The largest absolute Gasteiger partial charge is 0.494 e. The summed E-state index contributed by atoms with van der Waals surface area (Å²) in [6.45, 7) is 5.46. The quantitative estimate of drug-likeness (QED) is 0.404. The Hall–Kier alpha value is -3.71. The molecule has 1 unspecified atom stereocenters. The second kappa shape index (κ2) is 10.9. The SMILES string of the molecule is CCOc1ccc(N(C(C)C(=O)Nc2ccc(S(=O)(=O)Nc3nccc(C)n3)cc2)S(C)(=O)=O)cc1. The maximum atomic E-state index is 12.9. The van der Waals surface area contributed by atoms with E-state index in [1.165, 1.54) is 37.4 Å². The molecule has 0 saturated heterocycles. The van der Waals surface area contributed by atoms with E-state index >= 15 is 0 Å². The predicted octanol–water partition coefficient (Wildman–Crippen LogP) is 2.78. The molecule has 1 atom stereocenters. The van der Waals surface area contributed by atoms with Crippen molar-refractivity contribution in [1.29, 1.82) is 0 Å². The van der Waals surface area contributed by atoms with Crippen molar-refractivity contribution in [2.75, 3.05) is 27.2 Å². The van der Waals surface area contributed by atoms with Crippen molar-refractivity contribution in [1.82, 2.24) is 9.97 Å². The number of nitrogens with zero attached hydrogens (tertiary/aromatic N) is 3. The van der Waals surface area contributed by atoms with Gasteiger partial charge < -0.3 is 10.1 Å². The van der Waals surface area contributed by atoms with Crippen LogP contribution in [-0.2, 0) is 24.8 Å². The van der Waals surface area contributed by atoms with E-state index < -0.39 is 32.0 Å². The lowest BCUT2D eigenvalue weighted by Gasteiger charge is -2.28. The molecule has 3 aromatic rings. The Morgan fingerprint density at radius 2 is 1.67 bits per heavy atom. The molecule has 11 nitrogen and oxygen atoms in total. The minimum Gasteiger partial charge on any atom is -0.494 e. The smallest absolute Gasteiger partial charge is 0.264 e. The average molecular weight is 534 g/mol. The number of amides is 1. The molecule has 36 heavy (non-hydrogen) atoms. The lowest BCUT2D eigenvalue weighted by Crippen LogP contribution is -2.45. The highest BCUT2D eigenvalue weighted by atomic mass is 32.2. The Bertz CT molecular complexity index is 1430.